The van der Waals surface area contributed by atoms with Crippen LogP contribution in [-0.4, -0.2) is 33.6 Å². The molecule has 1 saturated carbocycles. The van der Waals surface area contributed by atoms with Crippen molar-refractivity contribution < 1.29 is 9.53 Å². The Morgan fingerprint density at radius 1 is 1.31 bits per heavy atom. The van der Waals surface area contributed by atoms with E-state index in [1.54, 1.807) is 44.0 Å². The maximum absolute atomic E-state index is 12.3. The highest BCUT2D eigenvalue weighted by Crippen LogP contribution is 2.29. The van der Waals surface area contributed by atoms with Crippen LogP contribution in [0.1, 0.15) is 23.2 Å². The average Bonchev–Trinajstić information content (AvgIpc) is 3.34. The molecular formula is C19H17ClN4O2. The van der Waals surface area contributed by atoms with Gasteiger partial charge >= 0.3 is 0 Å². The van der Waals surface area contributed by atoms with Crippen molar-refractivity contribution in [1.29, 1.82) is 0 Å². The molecule has 1 N–H and O–H groups in total. The van der Waals surface area contributed by atoms with Gasteiger partial charge in [0, 0.05) is 29.4 Å². The first kappa shape index (κ1) is 16.6. The fraction of sp³-hybridized carbons (Fsp3) is 0.211. The largest absolute Gasteiger partial charge is 0.495 e. The molecule has 2 heterocycles. The second-order valence-electron chi connectivity index (χ2n) is 6.19. The first-order valence-electron chi connectivity index (χ1n) is 8.28. The van der Waals surface area contributed by atoms with Gasteiger partial charge in [0.1, 0.15) is 5.75 Å². The maximum atomic E-state index is 12.3. The van der Waals surface area contributed by atoms with E-state index in [2.05, 4.69) is 15.3 Å². The SMILES string of the molecule is COc1cncc(-n2cnc(-c3cc(C(=O)NC4CC4)ccc3Cl)c2)c1. The van der Waals surface area contributed by atoms with Crippen molar-refractivity contribution in [1.82, 2.24) is 19.9 Å². The molecule has 4 rings (SSSR count). The Morgan fingerprint density at radius 2 is 2.15 bits per heavy atom. The van der Waals surface area contributed by atoms with E-state index in [9.17, 15) is 4.79 Å². The maximum Gasteiger partial charge on any atom is 0.251 e. The van der Waals surface area contributed by atoms with Crippen LogP contribution in [-0.2, 0) is 0 Å². The number of hydrogen-bond donors (Lipinski definition) is 1. The second kappa shape index (κ2) is 6.80. The molecule has 0 saturated heterocycles. The zero-order valence-electron chi connectivity index (χ0n) is 14.1. The predicted octanol–water partition coefficient (Wildman–Crippen LogP) is 3.49. The van der Waals surface area contributed by atoms with Gasteiger partial charge in [0.25, 0.3) is 5.91 Å². The normalized spacial score (nSPS) is 13.5. The van der Waals surface area contributed by atoms with Crippen LogP contribution in [0.5, 0.6) is 5.75 Å². The number of methoxy groups -OCH3 is 1. The molecule has 0 bridgehead atoms. The number of nitrogens with one attached hydrogen (secondary N) is 1. The molecule has 6 nitrogen and oxygen atoms in total. The highest BCUT2D eigenvalue weighted by atomic mass is 35.5. The molecular weight excluding hydrogens is 352 g/mol. The predicted molar refractivity (Wildman–Crippen MR) is 98.8 cm³/mol. The first-order valence-corrected chi connectivity index (χ1v) is 8.66. The van der Waals surface area contributed by atoms with Gasteiger partial charge in [-0.1, -0.05) is 11.6 Å². The van der Waals surface area contributed by atoms with E-state index in [4.69, 9.17) is 16.3 Å². The number of rotatable bonds is 5. The van der Waals surface area contributed by atoms with Crippen LogP contribution in [0.4, 0.5) is 0 Å². The van der Waals surface area contributed by atoms with Gasteiger partial charge in [0.15, 0.2) is 0 Å². The molecule has 0 aliphatic heterocycles. The van der Waals surface area contributed by atoms with E-state index < -0.39 is 0 Å². The Kier molecular flexibility index (Phi) is 4.34. The van der Waals surface area contributed by atoms with Crippen molar-refractivity contribution in [3.8, 4) is 22.7 Å². The lowest BCUT2D eigenvalue weighted by molar-refractivity contribution is 0.0951. The highest BCUT2D eigenvalue weighted by molar-refractivity contribution is 6.33. The van der Waals surface area contributed by atoms with E-state index >= 15 is 0 Å². The van der Waals surface area contributed by atoms with Crippen LogP contribution in [0.3, 0.4) is 0 Å². The van der Waals surface area contributed by atoms with Gasteiger partial charge < -0.3 is 14.6 Å². The second-order valence-corrected chi connectivity index (χ2v) is 6.60. The summed E-state index contributed by atoms with van der Waals surface area (Å²) in [4.78, 5) is 20.9. The number of carbonyl (C=O) groups is 1. The highest BCUT2D eigenvalue weighted by Gasteiger charge is 2.24. The molecule has 1 amide bonds. The van der Waals surface area contributed by atoms with Crippen LogP contribution in [0.2, 0.25) is 5.02 Å². The average molecular weight is 369 g/mol. The Balaban J connectivity index is 1.65. The minimum atomic E-state index is -0.0816. The number of nitrogens with zero attached hydrogens (tertiary/aromatic N) is 3. The van der Waals surface area contributed by atoms with Crippen molar-refractivity contribution in [3.05, 3.63) is 59.8 Å². The van der Waals surface area contributed by atoms with Gasteiger partial charge in [-0.15, -0.1) is 0 Å². The van der Waals surface area contributed by atoms with E-state index in [0.717, 1.165) is 18.5 Å². The zero-order chi connectivity index (χ0) is 18.1. The van der Waals surface area contributed by atoms with E-state index in [1.807, 2.05) is 16.8 Å². The number of ether oxygens (including phenoxy) is 1. The van der Waals surface area contributed by atoms with Gasteiger partial charge in [-0.05, 0) is 31.0 Å². The summed E-state index contributed by atoms with van der Waals surface area (Å²) in [5.74, 6) is 0.580. The fourth-order valence-corrected chi connectivity index (χ4v) is 2.84. The minimum Gasteiger partial charge on any atom is -0.495 e. The Bertz CT molecular complexity index is 966. The molecule has 0 unspecified atom stereocenters. The summed E-state index contributed by atoms with van der Waals surface area (Å²) in [5.41, 5.74) is 2.79. The van der Waals surface area contributed by atoms with Crippen molar-refractivity contribution in [2.45, 2.75) is 18.9 Å². The Labute approximate surface area is 155 Å². The van der Waals surface area contributed by atoms with Crippen LogP contribution >= 0.6 is 11.6 Å². The molecule has 7 heteroatoms. The van der Waals surface area contributed by atoms with Crippen LogP contribution in [0.15, 0.2) is 49.2 Å². The lowest BCUT2D eigenvalue weighted by atomic mass is 10.1. The number of aromatic nitrogens is 3. The van der Waals surface area contributed by atoms with Crippen LogP contribution < -0.4 is 10.1 Å². The standard InChI is InChI=1S/C19H17ClN4O2/c1-26-15-7-14(8-21-9-15)24-10-18(22-11-24)16-6-12(2-5-17(16)20)19(25)23-13-3-4-13/h2,5-11,13H,3-4H2,1H3,(H,23,25). The molecule has 0 spiro atoms. The monoisotopic (exact) mass is 368 g/mol. The number of hydrogen-bond acceptors (Lipinski definition) is 4. The number of imidazole rings is 1. The number of amides is 1. The molecule has 3 aromatic rings. The number of pyridine rings is 1. The number of halogens is 1. The molecule has 0 atom stereocenters. The Morgan fingerprint density at radius 3 is 2.92 bits per heavy atom. The third-order valence-corrected chi connectivity index (χ3v) is 4.56. The number of benzene rings is 1. The summed E-state index contributed by atoms with van der Waals surface area (Å²) in [6.45, 7) is 0. The molecule has 1 aliphatic rings. The van der Waals surface area contributed by atoms with Crippen molar-refractivity contribution in [3.63, 3.8) is 0 Å². The third kappa shape index (κ3) is 3.41. The molecule has 1 fully saturated rings. The van der Waals surface area contributed by atoms with Gasteiger partial charge in [0.2, 0.25) is 0 Å². The summed E-state index contributed by atoms with van der Waals surface area (Å²) < 4.78 is 7.04. The molecule has 26 heavy (non-hydrogen) atoms. The van der Waals surface area contributed by atoms with E-state index in [-0.39, 0.29) is 5.91 Å². The lowest BCUT2D eigenvalue weighted by Crippen LogP contribution is -2.25. The molecule has 1 aromatic carbocycles. The van der Waals surface area contributed by atoms with Crippen molar-refractivity contribution >= 4 is 17.5 Å². The molecule has 0 radical (unpaired) electrons. The Hall–Kier alpha value is -2.86. The summed E-state index contributed by atoms with van der Waals surface area (Å²) in [6.07, 6.45) is 8.98. The quantitative estimate of drug-likeness (QED) is 0.748. The molecule has 2 aromatic heterocycles. The van der Waals surface area contributed by atoms with Crippen molar-refractivity contribution in [2.24, 2.45) is 0 Å². The van der Waals surface area contributed by atoms with Crippen LogP contribution in [0.25, 0.3) is 16.9 Å². The van der Waals surface area contributed by atoms with E-state index in [0.29, 0.717) is 33.6 Å². The fourth-order valence-electron chi connectivity index (χ4n) is 2.62. The number of carbonyl (C=O) groups excluding carboxylic acids is 1. The molecule has 1 aliphatic carbocycles. The van der Waals surface area contributed by atoms with Gasteiger partial charge in [-0.3, -0.25) is 9.78 Å². The van der Waals surface area contributed by atoms with Gasteiger partial charge in [0.05, 0.1) is 42.2 Å². The summed E-state index contributed by atoms with van der Waals surface area (Å²) in [5, 5.41) is 3.53. The summed E-state index contributed by atoms with van der Waals surface area (Å²) >= 11 is 6.34. The first-order chi connectivity index (χ1) is 12.6. The zero-order valence-corrected chi connectivity index (χ0v) is 14.9. The van der Waals surface area contributed by atoms with Gasteiger partial charge in [-0.2, -0.15) is 0 Å². The summed E-state index contributed by atoms with van der Waals surface area (Å²) in [7, 11) is 1.60. The van der Waals surface area contributed by atoms with Gasteiger partial charge in [-0.25, -0.2) is 4.98 Å². The topological polar surface area (TPSA) is 69.0 Å². The van der Waals surface area contributed by atoms with Crippen molar-refractivity contribution in [2.75, 3.05) is 7.11 Å². The summed E-state index contributed by atoms with van der Waals surface area (Å²) in [6, 6.07) is 7.40. The smallest absolute Gasteiger partial charge is 0.251 e. The van der Waals surface area contributed by atoms with Crippen LogP contribution in [0, 0.1) is 0 Å². The minimum absolute atomic E-state index is 0.0816. The molecule has 132 valence electrons. The van der Waals surface area contributed by atoms with E-state index in [1.165, 1.54) is 0 Å². The third-order valence-electron chi connectivity index (χ3n) is 4.23. The lowest BCUT2D eigenvalue weighted by Gasteiger charge is -2.07.